The van der Waals surface area contributed by atoms with Crippen LogP contribution in [0.15, 0.2) is 54.9 Å². The van der Waals surface area contributed by atoms with E-state index in [9.17, 15) is 9.59 Å². The molecule has 34 heavy (non-hydrogen) atoms. The van der Waals surface area contributed by atoms with Crippen LogP contribution in [0.2, 0.25) is 0 Å². The van der Waals surface area contributed by atoms with Crippen molar-refractivity contribution in [3.05, 3.63) is 66.2 Å². The number of nitrogen functional groups attached to an aromatic ring is 1. The van der Waals surface area contributed by atoms with Crippen molar-refractivity contribution in [2.24, 2.45) is 0 Å². The summed E-state index contributed by atoms with van der Waals surface area (Å²) in [7, 11) is 1.26. The molecule has 5 rings (SSSR count). The van der Waals surface area contributed by atoms with Crippen LogP contribution in [0.4, 0.5) is 5.82 Å². The molecule has 11 heteroatoms. The number of anilines is 1. The van der Waals surface area contributed by atoms with Gasteiger partial charge in [0.25, 0.3) is 5.91 Å². The Balaban J connectivity index is 1.33. The Labute approximate surface area is 193 Å². The van der Waals surface area contributed by atoms with E-state index in [1.54, 1.807) is 16.9 Å². The highest BCUT2D eigenvalue weighted by atomic mass is 16.5. The summed E-state index contributed by atoms with van der Waals surface area (Å²) < 4.78 is 6.35. The predicted molar refractivity (Wildman–Crippen MR) is 125 cm³/mol. The Morgan fingerprint density at radius 3 is 2.76 bits per heavy atom. The minimum Gasteiger partial charge on any atom is -0.464 e. The molecule has 0 fully saturated rings. The van der Waals surface area contributed by atoms with E-state index in [4.69, 9.17) is 5.73 Å². The van der Waals surface area contributed by atoms with Gasteiger partial charge >= 0.3 is 5.97 Å². The van der Waals surface area contributed by atoms with Gasteiger partial charge in [0.05, 0.1) is 24.9 Å². The van der Waals surface area contributed by atoms with Crippen LogP contribution in [0.5, 0.6) is 0 Å². The van der Waals surface area contributed by atoms with Crippen molar-refractivity contribution in [3.8, 4) is 11.3 Å². The Hall–Kier alpha value is -4.80. The number of nitrogens with zero attached hydrogens (tertiary/aromatic N) is 5. The van der Waals surface area contributed by atoms with E-state index in [-0.39, 0.29) is 11.4 Å². The third-order valence-electron chi connectivity index (χ3n) is 5.35. The minimum absolute atomic E-state index is 0.0685. The summed E-state index contributed by atoms with van der Waals surface area (Å²) in [5, 5.41) is 16.0. The van der Waals surface area contributed by atoms with E-state index in [2.05, 4.69) is 35.3 Å². The highest BCUT2D eigenvalue weighted by molar-refractivity contribution is 6.08. The van der Waals surface area contributed by atoms with Gasteiger partial charge in [-0.3, -0.25) is 14.6 Å². The third kappa shape index (κ3) is 3.90. The van der Waals surface area contributed by atoms with Gasteiger partial charge in [0, 0.05) is 35.3 Å². The molecule has 1 amide bonds. The normalized spacial score (nSPS) is 11.1. The van der Waals surface area contributed by atoms with Crippen LogP contribution in [-0.2, 0) is 11.3 Å². The Morgan fingerprint density at radius 1 is 1.12 bits per heavy atom. The molecule has 4 aromatic heterocycles. The van der Waals surface area contributed by atoms with E-state index < -0.39 is 11.9 Å². The van der Waals surface area contributed by atoms with Gasteiger partial charge in [-0.2, -0.15) is 10.2 Å². The number of nitrogens with two attached hydrogens (primary N) is 1. The number of aromatic nitrogens is 6. The molecule has 170 valence electrons. The first-order valence-electron chi connectivity index (χ1n) is 10.4. The molecule has 0 radical (unpaired) electrons. The summed E-state index contributed by atoms with van der Waals surface area (Å²) >= 11 is 0. The van der Waals surface area contributed by atoms with Crippen LogP contribution in [0.25, 0.3) is 33.1 Å². The standard InChI is InChI=1S/C23H20N8O3/c1-34-23(33)18-4-2-3-17(27-18)22(32)25-9-10-31-12-15-14-6-5-13(16-7-8-26-29-16)11-19(14)28-21(24)20(15)30-31/h2-8,11-12H,9-10H2,1H3,(H2,24,28)(H,25,32)(H,26,29). The van der Waals surface area contributed by atoms with Gasteiger partial charge < -0.3 is 15.8 Å². The highest BCUT2D eigenvalue weighted by Gasteiger charge is 2.14. The molecule has 4 heterocycles. The molecule has 0 aliphatic carbocycles. The number of fused-ring (bicyclic) bond motifs is 3. The molecule has 0 saturated carbocycles. The lowest BCUT2D eigenvalue weighted by atomic mass is 10.1. The SMILES string of the molecule is COC(=O)c1cccc(C(=O)NCCn2cc3c(n2)c(N)nc2cc(-c4ccn[nH]4)ccc23)n1. The largest absolute Gasteiger partial charge is 0.464 e. The molecular weight excluding hydrogens is 436 g/mol. The minimum atomic E-state index is -0.604. The molecule has 4 N–H and O–H groups in total. The predicted octanol–water partition coefficient (Wildman–Crippen LogP) is 2.17. The summed E-state index contributed by atoms with van der Waals surface area (Å²) in [5.74, 6) is -0.677. The maximum Gasteiger partial charge on any atom is 0.356 e. The summed E-state index contributed by atoms with van der Waals surface area (Å²) in [6, 6.07) is 12.4. The van der Waals surface area contributed by atoms with E-state index in [0.717, 1.165) is 27.5 Å². The third-order valence-corrected chi connectivity index (χ3v) is 5.35. The molecule has 0 bridgehead atoms. The Morgan fingerprint density at radius 2 is 1.97 bits per heavy atom. The number of benzene rings is 1. The molecule has 0 aliphatic rings. The van der Waals surface area contributed by atoms with Gasteiger partial charge in [0.1, 0.15) is 16.9 Å². The lowest BCUT2D eigenvalue weighted by molar-refractivity contribution is 0.0594. The Bertz CT molecular complexity index is 1520. The fourth-order valence-corrected chi connectivity index (χ4v) is 3.69. The Kier molecular flexibility index (Phi) is 5.34. The smallest absolute Gasteiger partial charge is 0.356 e. The summed E-state index contributed by atoms with van der Waals surface area (Å²) in [6.45, 7) is 0.705. The number of esters is 1. The van der Waals surface area contributed by atoms with Gasteiger partial charge in [-0.1, -0.05) is 18.2 Å². The molecule has 5 aromatic rings. The van der Waals surface area contributed by atoms with Crippen molar-refractivity contribution in [2.45, 2.75) is 6.54 Å². The summed E-state index contributed by atoms with van der Waals surface area (Å²) in [5.41, 5.74) is 9.57. The first-order valence-corrected chi connectivity index (χ1v) is 10.4. The van der Waals surface area contributed by atoms with Gasteiger partial charge in [0.15, 0.2) is 5.82 Å². The molecule has 11 nitrogen and oxygen atoms in total. The molecule has 0 aliphatic heterocycles. The monoisotopic (exact) mass is 456 g/mol. The number of carbonyl (C=O) groups excluding carboxylic acids is 2. The van der Waals surface area contributed by atoms with Crippen molar-refractivity contribution >= 4 is 39.5 Å². The van der Waals surface area contributed by atoms with Crippen LogP contribution in [0.3, 0.4) is 0 Å². The number of pyridine rings is 2. The van der Waals surface area contributed by atoms with Gasteiger partial charge in [-0.05, 0) is 24.3 Å². The van der Waals surface area contributed by atoms with Crippen LogP contribution >= 0.6 is 0 Å². The number of aromatic amines is 1. The summed E-state index contributed by atoms with van der Waals surface area (Å²) in [6.07, 6.45) is 3.58. The number of ether oxygens (including phenoxy) is 1. The second-order valence-electron chi connectivity index (χ2n) is 7.51. The number of carbonyl (C=O) groups is 2. The lowest BCUT2D eigenvalue weighted by Gasteiger charge is -2.06. The maximum atomic E-state index is 12.4. The topological polar surface area (TPSA) is 154 Å². The van der Waals surface area contributed by atoms with Crippen LogP contribution < -0.4 is 11.1 Å². The second-order valence-corrected chi connectivity index (χ2v) is 7.51. The van der Waals surface area contributed by atoms with Crippen molar-refractivity contribution in [2.75, 3.05) is 19.4 Å². The zero-order chi connectivity index (χ0) is 23.7. The molecular formula is C23H20N8O3. The van der Waals surface area contributed by atoms with Crippen molar-refractivity contribution in [1.82, 2.24) is 35.3 Å². The van der Waals surface area contributed by atoms with Crippen LogP contribution in [0.1, 0.15) is 21.0 Å². The van der Waals surface area contributed by atoms with E-state index in [0.29, 0.717) is 24.4 Å². The van der Waals surface area contributed by atoms with Crippen LogP contribution in [0, 0.1) is 0 Å². The number of rotatable bonds is 6. The highest BCUT2D eigenvalue weighted by Crippen LogP contribution is 2.29. The van der Waals surface area contributed by atoms with E-state index in [1.807, 2.05) is 30.5 Å². The number of hydrogen-bond donors (Lipinski definition) is 3. The van der Waals surface area contributed by atoms with Gasteiger partial charge in [0.2, 0.25) is 0 Å². The van der Waals surface area contributed by atoms with Crippen molar-refractivity contribution in [3.63, 3.8) is 0 Å². The molecule has 0 unspecified atom stereocenters. The first kappa shape index (κ1) is 21.1. The average Bonchev–Trinajstić information content (AvgIpc) is 3.54. The molecule has 1 aromatic carbocycles. The lowest BCUT2D eigenvalue weighted by Crippen LogP contribution is -2.28. The molecule has 0 atom stereocenters. The van der Waals surface area contributed by atoms with E-state index in [1.165, 1.54) is 19.2 Å². The van der Waals surface area contributed by atoms with Crippen molar-refractivity contribution in [1.29, 1.82) is 0 Å². The zero-order valence-corrected chi connectivity index (χ0v) is 18.1. The number of H-pyrrole nitrogens is 1. The van der Waals surface area contributed by atoms with Crippen molar-refractivity contribution < 1.29 is 14.3 Å². The van der Waals surface area contributed by atoms with Gasteiger partial charge in [-0.15, -0.1) is 0 Å². The first-order chi connectivity index (χ1) is 16.5. The number of nitrogens with one attached hydrogen (secondary N) is 2. The fraction of sp³-hybridized carbons (Fsp3) is 0.130. The summed E-state index contributed by atoms with van der Waals surface area (Å²) in [4.78, 5) is 32.6. The van der Waals surface area contributed by atoms with E-state index >= 15 is 0 Å². The number of methoxy groups -OCH3 is 1. The van der Waals surface area contributed by atoms with Crippen LogP contribution in [-0.4, -0.2) is 55.5 Å². The zero-order valence-electron chi connectivity index (χ0n) is 18.1. The van der Waals surface area contributed by atoms with Gasteiger partial charge in [-0.25, -0.2) is 14.8 Å². The second kappa shape index (κ2) is 8.62. The average molecular weight is 456 g/mol. The number of hydrogen-bond acceptors (Lipinski definition) is 8. The molecule has 0 saturated heterocycles. The quantitative estimate of drug-likeness (QED) is 0.329. The number of amides is 1. The maximum absolute atomic E-state index is 12.4. The fourth-order valence-electron chi connectivity index (χ4n) is 3.69. The molecule has 0 spiro atoms.